The fraction of sp³-hybridized carbons (Fsp3) is 0.667. The molecule has 4 heterocycles. The van der Waals surface area contributed by atoms with Crippen molar-refractivity contribution in [3.05, 3.63) is 16.3 Å². The number of ether oxygens (including phenoxy) is 2. The zero-order valence-corrected chi connectivity index (χ0v) is 18.4. The molecule has 0 radical (unpaired) electrons. The highest BCUT2D eigenvalue weighted by molar-refractivity contribution is 7.20. The first-order valence-corrected chi connectivity index (χ1v) is 11.4. The predicted octanol–water partition coefficient (Wildman–Crippen LogP) is 3.24. The quantitative estimate of drug-likeness (QED) is 0.691. The number of fused-ring (bicyclic) bond motifs is 1. The number of morpholine rings is 1. The van der Waals surface area contributed by atoms with Gasteiger partial charge >= 0.3 is 5.97 Å². The fourth-order valence-electron chi connectivity index (χ4n) is 4.03. The van der Waals surface area contributed by atoms with Crippen LogP contribution in [-0.2, 0) is 16.0 Å². The molecule has 2 aliphatic rings. The van der Waals surface area contributed by atoms with Gasteiger partial charge in [0.15, 0.2) is 0 Å². The molecule has 0 unspecified atom stereocenters. The maximum Gasteiger partial charge on any atom is 0.348 e. The van der Waals surface area contributed by atoms with E-state index in [9.17, 15) is 4.79 Å². The van der Waals surface area contributed by atoms with E-state index in [1.54, 1.807) is 0 Å². The van der Waals surface area contributed by atoms with Gasteiger partial charge in [0.1, 0.15) is 21.3 Å². The molecule has 0 spiro atoms. The SMILES string of the molecule is CCOC(=O)c1sc2nc(CN3CCOCC3)nc(N3CCC(C)CC3)c2c1C. The zero-order chi connectivity index (χ0) is 20.4. The average Bonchev–Trinajstić information content (AvgIpc) is 3.06. The number of rotatable bonds is 5. The lowest BCUT2D eigenvalue weighted by molar-refractivity contribution is 0.0331. The number of thiophene rings is 1. The van der Waals surface area contributed by atoms with E-state index >= 15 is 0 Å². The summed E-state index contributed by atoms with van der Waals surface area (Å²) in [6.45, 7) is 12.5. The molecule has 8 heteroatoms. The molecule has 0 N–H and O–H groups in total. The molecule has 7 nitrogen and oxygen atoms in total. The molecule has 0 amide bonds. The van der Waals surface area contributed by atoms with Crippen molar-refractivity contribution in [3.63, 3.8) is 0 Å². The molecule has 0 saturated carbocycles. The van der Waals surface area contributed by atoms with Crippen molar-refractivity contribution >= 4 is 33.3 Å². The van der Waals surface area contributed by atoms with E-state index < -0.39 is 0 Å². The summed E-state index contributed by atoms with van der Waals surface area (Å²) in [5, 5.41) is 1.01. The number of aromatic nitrogens is 2. The van der Waals surface area contributed by atoms with Crippen molar-refractivity contribution in [2.75, 3.05) is 50.9 Å². The van der Waals surface area contributed by atoms with Crippen LogP contribution in [0.15, 0.2) is 0 Å². The highest BCUT2D eigenvalue weighted by atomic mass is 32.1. The lowest BCUT2D eigenvalue weighted by Crippen LogP contribution is -2.37. The minimum absolute atomic E-state index is 0.263. The first-order chi connectivity index (χ1) is 14.1. The summed E-state index contributed by atoms with van der Waals surface area (Å²) in [6, 6.07) is 0. The number of carbonyl (C=O) groups is 1. The predicted molar refractivity (Wildman–Crippen MR) is 115 cm³/mol. The Morgan fingerprint density at radius 2 is 1.93 bits per heavy atom. The summed E-state index contributed by atoms with van der Waals surface area (Å²) >= 11 is 1.43. The molecular weight excluding hydrogens is 388 g/mol. The van der Waals surface area contributed by atoms with Gasteiger partial charge in [-0.25, -0.2) is 14.8 Å². The topological polar surface area (TPSA) is 67.8 Å². The Kier molecular flexibility index (Phi) is 6.32. The van der Waals surface area contributed by atoms with Crippen molar-refractivity contribution in [2.24, 2.45) is 5.92 Å². The highest BCUT2D eigenvalue weighted by Gasteiger charge is 2.26. The third kappa shape index (κ3) is 4.39. The van der Waals surface area contributed by atoms with Gasteiger partial charge in [0, 0.05) is 26.2 Å². The van der Waals surface area contributed by atoms with Gasteiger partial charge in [-0.2, -0.15) is 0 Å². The molecule has 2 saturated heterocycles. The number of piperidine rings is 1. The Morgan fingerprint density at radius 1 is 1.21 bits per heavy atom. The second-order valence-electron chi connectivity index (χ2n) is 7.98. The van der Waals surface area contributed by atoms with Gasteiger partial charge in [0.05, 0.1) is 31.8 Å². The van der Waals surface area contributed by atoms with Gasteiger partial charge in [-0.1, -0.05) is 6.92 Å². The molecule has 4 rings (SSSR count). The van der Waals surface area contributed by atoms with Crippen molar-refractivity contribution in [3.8, 4) is 0 Å². The Hall–Kier alpha value is -1.77. The lowest BCUT2D eigenvalue weighted by atomic mass is 9.99. The van der Waals surface area contributed by atoms with Crippen LogP contribution in [0, 0.1) is 12.8 Å². The van der Waals surface area contributed by atoms with Crippen molar-refractivity contribution in [2.45, 2.75) is 40.2 Å². The Bertz CT molecular complexity index is 870. The minimum Gasteiger partial charge on any atom is -0.462 e. The summed E-state index contributed by atoms with van der Waals surface area (Å²) in [5.41, 5.74) is 0.940. The monoisotopic (exact) mass is 418 g/mol. The molecule has 158 valence electrons. The van der Waals surface area contributed by atoms with Crippen LogP contribution in [0.4, 0.5) is 5.82 Å². The molecule has 2 aromatic heterocycles. The van der Waals surface area contributed by atoms with Gasteiger partial charge in [-0.15, -0.1) is 11.3 Å². The number of anilines is 1. The van der Waals surface area contributed by atoms with Gasteiger partial charge in [-0.05, 0) is 38.2 Å². The third-order valence-electron chi connectivity index (χ3n) is 5.83. The largest absolute Gasteiger partial charge is 0.462 e. The number of aryl methyl sites for hydroxylation is 1. The molecule has 2 aromatic rings. The zero-order valence-electron chi connectivity index (χ0n) is 17.6. The molecule has 2 fully saturated rings. The number of hydrogen-bond acceptors (Lipinski definition) is 8. The van der Waals surface area contributed by atoms with Gasteiger partial charge in [0.2, 0.25) is 0 Å². The number of esters is 1. The van der Waals surface area contributed by atoms with E-state index in [1.807, 2.05) is 13.8 Å². The molecule has 2 aliphatic heterocycles. The van der Waals surface area contributed by atoms with Crippen LogP contribution < -0.4 is 4.90 Å². The van der Waals surface area contributed by atoms with E-state index in [0.717, 1.165) is 85.6 Å². The Balaban J connectivity index is 1.74. The fourth-order valence-corrected chi connectivity index (χ4v) is 5.12. The van der Waals surface area contributed by atoms with Gasteiger partial charge in [0.25, 0.3) is 0 Å². The van der Waals surface area contributed by atoms with Crippen LogP contribution in [0.2, 0.25) is 0 Å². The van der Waals surface area contributed by atoms with Crippen LogP contribution in [0.25, 0.3) is 10.2 Å². The number of nitrogens with zero attached hydrogens (tertiary/aromatic N) is 4. The summed E-state index contributed by atoms with van der Waals surface area (Å²) in [4.78, 5) is 28.6. The molecule has 0 aromatic carbocycles. The summed E-state index contributed by atoms with van der Waals surface area (Å²) in [7, 11) is 0. The van der Waals surface area contributed by atoms with Crippen LogP contribution >= 0.6 is 11.3 Å². The van der Waals surface area contributed by atoms with Gasteiger partial charge in [-0.3, -0.25) is 4.90 Å². The van der Waals surface area contributed by atoms with E-state index in [1.165, 1.54) is 11.3 Å². The third-order valence-corrected chi connectivity index (χ3v) is 7.00. The lowest BCUT2D eigenvalue weighted by Gasteiger charge is -2.32. The first kappa shape index (κ1) is 20.5. The first-order valence-electron chi connectivity index (χ1n) is 10.6. The molecule has 29 heavy (non-hydrogen) atoms. The molecule has 0 bridgehead atoms. The van der Waals surface area contributed by atoms with Crippen LogP contribution in [0.1, 0.15) is 47.7 Å². The molecule has 0 aliphatic carbocycles. The number of carbonyl (C=O) groups excluding carboxylic acids is 1. The maximum atomic E-state index is 12.5. The van der Waals surface area contributed by atoms with Crippen molar-refractivity contribution in [1.82, 2.24) is 14.9 Å². The van der Waals surface area contributed by atoms with Crippen LogP contribution in [0.5, 0.6) is 0 Å². The average molecular weight is 419 g/mol. The normalized spacial score (nSPS) is 19.1. The van der Waals surface area contributed by atoms with E-state index in [4.69, 9.17) is 19.4 Å². The highest BCUT2D eigenvalue weighted by Crippen LogP contribution is 2.37. The summed E-state index contributed by atoms with van der Waals surface area (Å²) in [6.07, 6.45) is 2.33. The van der Waals surface area contributed by atoms with Crippen molar-refractivity contribution in [1.29, 1.82) is 0 Å². The second-order valence-corrected chi connectivity index (χ2v) is 8.98. The van der Waals surface area contributed by atoms with E-state index in [-0.39, 0.29) is 5.97 Å². The molecular formula is C21H30N4O3S. The maximum absolute atomic E-state index is 12.5. The van der Waals surface area contributed by atoms with Gasteiger partial charge < -0.3 is 14.4 Å². The van der Waals surface area contributed by atoms with Crippen LogP contribution in [-0.4, -0.2) is 66.8 Å². The Labute approximate surface area is 176 Å². The smallest absolute Gasteiger partial charge is 0.348 e. The molecule has 0 atom stereocenters. The van der Waals surface area contributed by atoms with Crippen molar-refractivity contribution < 1.29 is 14.3 Å². The van der Waals surface area contributed by atoms with E-state index in [0.29, 0.717) is 18.0 Å². The van der Waals surface area contributed by atoms with Crippen LogP contribution in [0.3, 0.4) is 0 Å². The summed E-state index contributed by atoms with van der Waals surface area (Å²) < 4.78 is 10.7. The minimum atomic E-state index is -0.263. The second kappa shape index (κ2) is 8.93. The number of hydrogen-bond donors (Lipinski definition) is 0. The summed E-state index contributed by atoms with van der Waals surface area (Å²) in [5.74, 6) is 2.29. The Morgan fingerprint density at radius 3 is 2.62 bits per heavy atom. The van der Waals surface area contributed by atoms with E-state index in [2.05, 4.69) is 16.7 Å². The standard InChI is InChI=1S/C21H30N4O3S/c1-4-28-21(26)18-15(3)17-19(25-7-5-14(2)6-8-25)22-16(23-20(17)29-18)13-24-9-11-27-12-10-24/h14H,4-13H2,1-3H3.